The highest BCUT2D eigenvalue weighted by Gasteiger charge is 2.39. The number of amides is 3. The first kappa shape index (κ1) is 18.7. The van der Waals surface area contributed by atoms with Gasteiger partial charge in [0, 0.05) is 42.9 Å². The number of nitrogens with one attached hydrogen (secondary N) is 2. The quantitative estimate of drug-likeness (QED) is 0.742. The van der Waals surface area contributed by atoms with Crippen LogP contribution in [0.1, 0.15) is 35.2 Å². The van der Waals surface area contributed by atoms with Gasteiger partial charge < -0.3 is 15.0 Å². The molecule has 1 unspecified atom stereocenters. The summed E-state index contributed by atoms with van der Waals surface area (Å²) in [5, 5.41) is 5.59. The van der Waals surface area contributed by atoms with Gasteiger partial charge in [0.2, 0.25) is 17.7 Å². The monoisotopic (exact) mass is 406 g/mol. The summed E-state index contributed by atoms with van der Waals surface area (Å²) in [6.45, 7) is 2.16. The van der Waals surface area contributed by atoms with Crippen molar-refractivity contribution in [1.29, 1.82) is 0 Å². The summed E-state index contributed by atoms with van der Waals surface area (Å²) >= 11 is 0. The Morgan fingerprint density at radius 1 is 1.07 bits per heavy atom. The normalized spacial score (nSPS) is 23.5. The van der Waals surface area contributed by atoms with Crippen LogP contribution in [0.2, 0.25) is 0 Å². The summed E-state index contributed by atoms with van der Waals surface area (Å²) in [5.41, 5.74) is 3.36. The highest BCUT2D eigenvalue weighted by molar-refractivity contribution is 6.05. The minimum absolute atomic E-state index is 0.160. The molecule has 0 saturated carbocycles. The average molecular weight is 406 g/mol. The van der Waals surface area contributed by atoms with Gasteiger partial charge in [0.25, 0.3) is 5.91 Å². The van der Waals surface area contributed by atoms with Crippen molar-refractivity contribution >= 4 is 17.7 Å². The predicted octanol–water partition coefficient (Wildman–Crippen LogP) is 1.25. The average Bonchev–Trinajstić information content (AvgIpc) is 3.36. The van der Waals surface area contributed by atoms with Crippen molar-refractivity contribution in [2.45, 2.75) is 38.0 Å². The van der Waals surface area contributed by atoms with Gasteiger partial charge in [-0.15, -0.1) is 0 Å². The lowest BCUT2D eigenvalue weighted by Crippen LogP contribution is -2.52. The van der Waals surface area contributed by atoms with E-state index < -0.39 is 11.9 Å². The van der Waals surface area contributed by atoms with Crippen LogP contribution in [0.4, 0.5) is 0 Å². The Balaban J connectivity index is 1.33. The summed E-state index contributed by atoms with van der Waals surface area (Å²) in [5.74, 6) is -0.248. The van der Waals surface area contributed by atoms with E-state index in [0.29, 0.717) is 24.4 Å². The molecule has 0 bridgehead atoms. The zero-order valence-electron chi connectivity index (χ0n) is 16.4. The molecule has 0 radical (unpaired) electrons. The molecule has 2 atom stereocenters. The molecular formula is C22H22N4O4. The number of benzene rings is 1. The molecule has 8 heteroatoms. The standard InChI is InChI=1S/C22H22N4O4/c27-19-5-4-18(21(28)25-19)26-12-15-9-13(1-3-17(15)22(26)29)14-2-6-20(24-10-14)30-16-7-8-23-11-16/h1-3,6,9-10,16,18,23H,4-5,7-8,11-12H2,(H,25,27,28)/t16-,18?/m1/s1. The van der Waals surface area contributed by atoms with E-state index in [9.17, 15) is 14.4 Å². The van der Waals surface area contributed by atoms with Crippen LogP contribution in [0.25, 0.3) is 11.1 Å². The minimum atomic E-state index is -0.603. The van der Waals surface area contributed by atoms with Crippen LogP contribution in [0.15, 0.2) is 36.5 Å². The molecule has 3 aliphatic heterocycles. The number of aromatic nitrogens is 1. The first-order valence-corrected chi connectivity index (χ1v) is 10.2. The third kappa shape index (κ3) is 3.43. The number of fused-ring (bicyclic) bond motifs is 1. The number of pyridine rings is 1. The van der Waals surface area contributed by atoms with E-state index in [1.54, 1.807) is 17.2 Å². The molecule has 3 aliphatic rings. The van der Waals surface area contributed by atoms with Crippen molar-refractivity contribution in [3.05, 3.63) is 47.7 Å². The van der Waals surface area contributed by atoms with Crippen molar-refractivity contribution < 1.29 is 19.1 Å². The maximum Gasteiger partial charge on any atom is 0.255 e. The van der Waals surface area contributed by atoms with E-state index in [2.05, 4.69) is 15.6 Å². The van der Waals surface area contributed by atoms with Gasteiger partial charge in [0.05, 0.1) is 0 Å². The summed E-state index contributed by atoms with van der Waals surface area (Å²) < 4.78 is 5.87. The molecule has 2 aromatic rings. The van der Waals surface area contributed by atoms with Crippen molar-refractivity contribution in [2.24, 2.45) is 0 Å². The second kappa shape index (κ2) is 7.53. The van der Waals surface area contributed by atoms with E-state index in [4.69, 9.17) is 4.74 Å². The Morgan fingerprint density at radius 2 is 1.93 bits per heavy atom. The maximum atomic E-state index is 12.8. The number of piperidine rings is 1. The third-order valence-electron chi connectivity index (χ3n) is 5.90. The van der Waals surface area contributed by atoms with E-state index in [0.717, 1.165) is 36.2 Å². The predicted molar refractivity (Wildman–Crippen MR) is 108 cm³/mol. The fourth-order valence-electron chi connectivity index (χ4n) is 4.27. The second-order valence-electron chi connectivity index (χ2n) is 7.89. The molecule has 1 aromatic heterocycles. The van der Waals surface area contributed by atoms with E-state index in [1.165, 1.54) is 0 Å². The molecule has 2 saturated heterocycles. The maximum absolute atomic E-state index is 12.8. The number of rotatable bonds is 4. The van der Waals surface area contributed by atoms with Crippen LogP contribution in [-0.4, -0.2) is 52.8 Å². The molecule has 30 heavy (non-hydrogen) atoms. The lowest BCUT2D eigenvalue weighted by atomic mass is 10.0. The smallest absolute Gasteiger partial charge is 0.255 e. The Kier molecular flexibility index (Phi) is 4.71. The first-order chi connectivity index (χ1) is 14.6. The van der Waals surface area contributed by atoms with Crippen LogP contribution in [-0.2, 0) is 16.1 Å². The largest absolute Gasteiger partial charge is 0.473 e. The van der Waals surface area contributed by atoms with Gasteiger partial charge in [0.15, 0.2) is 0 Å². The van der Waals surface area contributed by atoms with Gasteiger partial charge in [-0.2, -0.15) is 0 Å². The van der Waals surface area contributed by atoms with Crippen LogP contribution >= 0.6 is 0 Å². The number of nitrogens with zero attached hydrogens (tertiary/aromatic N) is 2. The van der Waals surface area contributed by atoms with Crippen LogP contribution in [0.5, 0.6) is 5.88 Å². The molecule has 154 valence electrons. The molecule has 4 heterocycles. The Morgan fingerprint density at radius 3 is 2.67 bits per heavy atom. The van der Waals surface area contributed by atoms with E-state index >= 15 is 0 Å². The lowest BCUT2D eigenvalue weighted by molar-refractivity contribution is -0.136. The number of carbonyl (C=O) groups excluding carboxylic acids is 3. The van der Waals surface area contributed by atoms with Crippen molar-refractivity contribution in [3.63, 3.8) is 0 Å². The fourth-order valence-corrected chi connectivity index (χ4v) is 4.27. The molecule has 0 spiro atoms. The molecule has 1 aromatic carbocycles. The van der Waals surface area contributed by atoms with Crippen molar-refractivity contribution in [2.75, 3.05) is 13.1 Å². The van der Waals surface area contributed by atoms with Gasteiger partial charge in [-0.1, -0.05) is 6.07 Å². The van der Waals surface area contributed by atoms with Gasteiger partial charge >= 0.3 is 0 Å². The second-order valence-corrected chi connectivity index (χ2v) is 7.89. The Bertz CT molecular complexity index is 1010. The molecule has 3 amide bonds. The topological polar surface area (TPSA) is 101 Å². The number of carbonyl (C=O) groups is 3. The highest BCUT2D eigenvalue weighted by Crippen LogP contribution is 2.31. The number of ether oxygens (including phenoxy) is 1. The minimum Gasteiger partial charge on any atom is -0.473 e. The van der Waals surface area contributed by atoms with Crippen molar-refractivity contribution in [3.8, 4) is 17.0 Å². The number of hydrogen-bond acceptors (Lipinski definition) is 6. The molecule has 8 nitrogen and oxygen atoms in total. The number of hydrogen-bond donors (Lipinski definition) is 2. The summed E-state index contributed by atoms with van der Waals surface area (Å²) in [6.07, 6.45) is 3.52. The fraction of sp³-hybridized carbons (Fsp3) is 0.364. The van der Waals surface area contributed by atoms with E-state index in [1.807, 2.05) is 24.3 Å². The SMILES string of the molecule is O=C1CCC(N2Cc3cc(-c4ccc(O[C@@H]5CCNC5)nc4)ccc3C2=O)C(=O)N1. The lowest BCUT2D eigenvalue weighted by Gasteiger charge is -2.29. The summed E-state index contributed by atoms with van der Waals surface area (Å²) in [7, 11) is 0. The molecular weight excluding hydrogens is 384 g/mol. The molecule has 2 N–H and O–H groups in total. The van der Waals surface area contributed by atoms with Gasteiger partial charge in [-0.3, -0.25) is 19.7 Å². The first-order valence-electron chi connectivity index (χ1n) is 10.2. The van der Waals surface area contributed by atoms with Crippen LogP contribution in [0, 0.1) is 0 Å². The van der Waals surface area contributed by atoms with Crippen LogP contribution < -0.4 is 15.4 Å². The Hall–Kier alpha value is -3.26. The Labute approximate surface area is 173 Å². The molecule has 0 aliphatic carbocycles. The van der Waals surface area contributed by atoms with Crippen LogP contribution in [0.3, 0.4) is 0 Å². The zero-order valence-corrected chi connectivity index (χ0v) is 16.4. The summed E-state index contributed by atoms with van der Waals surface area (Å²) in [6, 6.07) is 8.88. The zero-order chi connectivity index (χ0) is 20.7. The number of imide groups is 1. The van der Waals surface area contributed by atoms with E-state index in [-0.39, 0.29) is 24.3 Å². The molecule has 2 fully saturated rings. The highest BCUT2D eigenvalue weighted by atomic mass is 16.5. The van der Waals surface area contributed by atoms with Gasteiger partial charge in [-0.05, 0) is 48.7 Å². The van der Waals surface area contributed by atoms with Gasteiger partial charge in [-0.25, -0.2) is 4.98 Å². The summed E-state index contributed by atoms with van der Waals surface area (Å²) in [4.78, 5) is 42.4. The molecule has 5 rings (SSSR count). The van der Waals surface area contributed by atoms with Gasteiger partial charge in [0.1, 0.15) is 12.1 Å². The van der Waals surface area contributed by atoms with Crippen molar-refractivity contribution in [1.82, 2.24) is 20.5 Å². The third-order valence-corrected chi connectivity index (χ3v) is 5.90.